The molecule has 0 unspecified atom stereocenters. The average Bonchev–Trinajstić information content (AvgIpc) is 3.45. The van der Waals surface area contributed by atoms with Crippen molar-refractivity contribution in [2.45, 2.75) is 20.8 Å². The van der Waals surface area contributed by atoms with Crippen LogP contribution < -0.4 is 0 Å². The number of aromatic nitrogens is 3. The number of carbonyl (C=O) groups excluding carboxylic acids is 3. The van der Waals surface area contributed by atoms with Crippen molar-refractivity contribution in [1.29, 1.82) is 0 Å². The molecule has 0 atom stereocenters. The van der Waals surface area contributed by atoms with Crippen LogP contribution >= 0.6 is 0 Å². The molecule has 0 aliphatic rings. The Morgan fingerprint density at radius 1 is 0.914 bits per heavy atom. The van der Waals surface area contributed by atoms with Gasteiger partial charge in [-0.3, -0.25) is 4.79 Å². The Bertz CT molecular complexity index is 1370. The number of carbonyl (C=O) groups is 3. The van der Waals surface area contributed by atoms with Crippen LogP contribution in [0.5, 0.6) is 0 Å². The number of H-pyrrole nitrogens is 1. The molecule has 178 valence electrons. The molecule has 35 heavy (non-hydrogen) atoms. The van der Waals surface area contributed by atoms with Gasteiger partial charge in [0.05, 0.1) is 23.6 Å². The lowest BCUT2D eigenvalue weighted by Gasteiger charge is -2.05. The van der Waals surface area contributed by atoms with Gasteiger partial charge in [0, 0.05) is 17.5 Å². The zero-order chi connectivity index (χ0) is 24.9. The number of aryl methyl sites for hydroxylation is 1. The second-order valence-electron chi connectivity index (χ2n) is 7.88. The molecule has 2 heterocycles. The summed E-state index contributed by atoms with van der Waals surface area (Å²) in [7, 11) is 0. The van der Waals surface area contributed by atoms with Gasteiger partial charge in [0.2, 0.25) is 5.78 Å². The van der Waals surface area contributed by atoms with Gasteiger partial charge >= 0.3 is 11.9 Å². The van der Waals surface area contributed by atoms with Gasteiger partial charge in [-0.25, -0.2) is 14.3 Å². The summed E-state index contributed by atoms with van der Waals surface area (Å²) < 4.78 is 12.1. The highest BCUT2D eigenvalue weighted by Gasteiger charge is 2.25. The monoisotopic (exact) mass is 471 g/mol. The molecule has 0 spiro atoms. The Morgan fingerprint density at radius 3 is 2.23 bits per heavy atom. The third-order valence-electron chi connectivity index (χ3n) is 5.53. The molecule has 0 aliphatic carbocycles. The van der Waals surface area contributed by atoms with E-state index in [1.807, 2.05) is 60.7 Å². The summed E-state index contributed by atoms with van der Waals surface area (Å²) >= 11 is 0. The molecule has 0 radical (unpaired) electrons. The van der Waals surface area contributed by atoms with Crippen molar-refractivity contribution in [3.8, 4) is 16.9 Å². The maximum absolute atomic E-state index is 13.1. The smallest absolute Gasteiger partial charge is 0.342 e. The lowest BCUT2D eigenvalue weighted by molar-refractivity contribution is 0.0473. The Hall–Kier alpha value is -4.46. The lowest BCUT2D eigenvalue weighted by Crippen LogP contribution is -2.16. The van der Waals surface area contributed by atoms with Crippen molar-refractivity contribution < 1.29 is 23.9 Å². The van der Waals surface area contributed by atoms with E-state index in [1.165, 1.54) is 0 Å². The molecule has 0 fully saturated rings. The molecule has 0 saturated heterocycles. The summed E-state index contributed by atoms with van der Waals surface area (Å²) in [6.45, 7) is 4.79. The first-order valence-electron chi connectivity index (χ1n) is 11.2. The summed E-state index contributed by atoms with van der Waals surface area (Å²) in [6.07, 6.45) is 1.59. The summed E-state index contributed by atoms with van der Waals surface area (Å²) in [4.78, 5) is 41.0. The molecular formula is C27H25N3O5. The van der Waals surface area contributed by atoms with Crippen LogP contribution in [0.2, 0.25) is 0 Å². The van der Waals surface area contributed by atoms with Gasteiger partial charge in [0.15, 0.2) is 6.61 Å². The van der Waals surface area contributed by atoms with Crippen LogP contribution in [0.4, 0.5) is 0 Å². The summed E-state index contributed by atoms with van der Waals surface area (Å²) in [5.41, 5.74) is 3.72. The minimum atomic E-state index is -0.675. The number of Topliss-reactive ketones (excluding diaryl/α,β-unsaturated/α-hetero) is 1. The van der Waals surface area contributed by atoms with Crippen molar-refractivity contribution in [2.24, 2.45) is 0 Å². The number of rotatable bonds is 8. The first-order valence-corrected chi connectivity index (χ1v) is 11.2. The van der Waals surface area contributed by atoms with Crippen LogP contribution in [-0.4, -0.2) is 45.7 Å². The number of aromatic amines is 1. The van der Waals surface area contributed by atoms with E-state index in [0.717, 1.165) is 11.3 Å². The Balaban J connectivity index is 1.58. The van der Waals surface area contributed by atoms with Crippen molar-refractivity contribution in [2.75, 3.05) is 13.2 Å². The van der Waals surface area contributed by atoms with Gasteiger partial charge in [0.1, 0.15) is 11.3 Å². The zero-order valence-electron chi connectivity index (χ0n) is 19.7. The predicted octanol–water partition coefficient (Wildman–Crippen LogP) is 4.70. The number of esters is 2. The van der Waals surface area contributed by atoms with Crippen LogP contribution in [0.3, 0.4) is 0 Å². The molecule has 2 aromatic heterocycles. The number of nitrogens with one attached hydrogen (secondary N) is 1. The fraction of sp³-hybridized carbons (Fsp3) is 0.185. The highest BCUT2D eigenvalue weighted by molar-refractivity contribution is 6.03. The third kappa shape index (κ3) is 4.91. The lowest BCUT2D eigenvalue weighted by atomic mass is 10.1. The van der Waals surface area contributed by atoms with E-state index in [-0.39, 0.29) is 17.9 Å². The van der Waals surface area contributed by atoms with E-state index in [9.17, 15) is 14.4 Å². The fourth-order valence-corrected chi connectivity index (χ4v) is 3.86. The van der Waals surface area contributed by atoms with Gasteiger partial charge < -0.3 is 14.5 Å². The van der Waals surface area contributed by atoms with E-state index in [4.69, 9.17) is 9.47 Å². The maximum Gasteiger partial charge on any atom is 0.342 e. The average molecular weight is 472 g/mol. The minimum absolute atomic E-state index is 0.210. The fourth-order valence-electron chi connectivity index (χ4n) is 3.86. The molecule has 4 rings (SSSR count). The first-order chi connectivity index (χ1) is 16.9. The Morgan fingerprint density at radius 2 is 1.57 bits per heavy atom. The molecule has 0 amide bonds. The molecule has 0 bridgehead atoms. The van der Waals surface area contributed by atoms with Crippen LogP contribution in [-0.2, 0) is 9.47 Å². The molecule has 0 aliphatic heterocycles. The van der Waals surface area contributed by atoms with Gasteiger partial charge in [-0.15, -0.1) is 0 Å². The Kier molecular flexibility index (Phi) is 6.91. The molecule has 8 heteroatoms. The van der Waals surface area contributed by atoms with Gasteiger partial charge in [0.25, 0.3) is 0 Å². The topological polar surface area (TPSA) is 103 Å². The zero-order valence-corrected chi connectivity index (χ0v) is 19.7. The minimum Gasteiger partial charge on any atom is -0.462 e. The molecule has 0 saturated carbocycles. The normalized spacial score (nSPS) is 10.7. The first kappa shape index (κ1) is 23.7. The van der Waals surface area contributed by atoms with E-state index >= 15 is 0 Å². The van der Waals surface area contributed by atoms with Gasteiger partial charge in [-0.2, -0.15) is 5.10 Å². The largest absolute Gasteiger partial charge is 0.462 e. The second-order valence-corrected chi connectivity index (χ2v) is 7.88. The highest BCUT2D eigenvalue weighted by Crippen LogP contribution is 2.25. The van der Waals surface area contributed by atoms with E-state index in [1.54, 1.807) is 31.6 Å². The van der Waals surface area contributed by atoms with Crippen LogP contribution in [0.15, 0.2) is 66.9 Å². The van der Waals surface area contributed by atoms with E-state index in [2.05, 4.69) is 10.1 Å². The van der Waals surface area contributed by atoms with Crippen molar-refractivity contribution in [1.82, 2.24) is 14.8 Å². The van der Waals surface area contributed by atoms with Crippen LogP contribution in [0.1, 0.15) is 49.4 Å². The summed E-state index contributed by atoms with van der Waals surface area (Å²) in [6, 6.07) is 18.7. The standard InChI is InChI=1S/C27H25N3O5/c1-4-34-27(33)23-17(2)24(28-18(23)3)22(31)16-35-26(32)21-15-30(20-13-9-6-10-14-20)29-25(21)19-11-7-5-8-12-19/h5-15,28H,4,16H2,1-3H3. The second kappa shape index (κ2) is 10.2. The molecule has 2 aromatic carbocycles. The predicted molar refractivity (Wildman–Crippen MR) is 130 cm³/mol. The molecule has 8 nitrogen and oxygen atoms in total. The number of benzene rings is 2. The highest BCUT2D eigenvalue weighted by atomic mass is 16.5. The number of hydrogen-bond acceptors (Lipinski definition) is 6. The van der Waals surface area contributed by atoms with Crippen LogP contribution in [0, 0.1) is 13.8 Å². The van der Waals surface area contributed by atoms with E-state index in [0.29, 0.717) is 22.5 Å². The number of ketones is 1. The third-order valence-corrected chi connectivity index (χ3v) is 5.53. The SMILES string of the molecule is CCOC(=O)c1c(C)[nH]c(C(=O)COC(=O)c2cn(-c3ccccc3)nc2-c2ccccc2)c1C. The van der Waals surface area contributed by atoms with Gasteiger partial charge in [-0.05, 0) is 38.5 Å². The maximum atomic E-state index is 13.1. The van der Waals surface area contributed by atoms with Gasteiger partial charge in [-0.1, -0.05) is 48.5 Å². The van der Waals surface area contributed by atoms with Crippen molar-refractivity contribution >= 4 is 17.7 Å². The number of nitrogens with zero attached hydrogens (tertiary/aromatic N) is 2. The molecule has 1 N–H and O–H groups in total. The van der Waals surface area contributed by atoms with Crippen molar-refractivity contribution in [3.63, 3.8) is 0 Å². The molecular weight excluding hydrogens is 446 g/mol. The summed E-state index contributed by atoms with van der Waals surface area (Å²) in [5, 5.41) is 4.60. The number of hydrogen-bond donors (Lipinski definition) is 1. The van der Waals surface area contributed by atoms with E-state index < -0.39 is 24.3 Å². The number of ether oxygens (including phenoxy) is 2. The number of para-hydroxylation sites is 1. The molecule has 4 aromatic rings. The van der Waals surface area contributed by atoms with Crippen LogP contribution in [0.25, 0.3) is 16.9 Å². The summed E-state index contributed by atoms with van der Waals surface area (Å²) in [5.74, 6) is -1.63. The quantitative estimate of drug-likeness (QED) is 0.295. The van der Waals surface area contributed by atoms with Crippen molar-refractivity contribution in [3.05, 3.63) is 94.9 Å². The Labute approximate surface area is 202 Å².